The van der Waals surface area contributed by atoms with Crippen molar-refractivity contribution in [3.8, 4) is 0 Å². The lowest BCUT2D eigenvalue weighted by Crippen LogP contribution is -2.40. The molecule has 4 rings (SSSR count). The quantitative estimate of drug-likeness (QED) is 0.772. The molecule has 148 valence electrons. The molecule has 1 fully saturated rings. The van der Waals surface area contributed by atoms with Gasteiger partial charge in [-0.2, -0.15) is 4.31 Å². The predicted molar refractivity (Wildman–Crippen MR) is 107 cm³/mol. The first kappa shape index (κ1) is 19.1. The number of carbonyl (C=O) groups excluding carboxylic acids is 1. The van der Waals surface area contributed by atoms with E-state index in [1.54, 1.807) is 23.1 Å². The van der Waals surface area contributed by atoms with Crippen molar-refractivity contribution in [2.45, 2.75) is 24.2 Å². The maximum Gasteiger partial charge on any atom is 0.243 e. The third kappa shape index (κ3) is 3.83. The summed E-state index contributed by atoms with van der Waals surface area (Å²) in [6.07, 6.45) is 1.82. The topological polar surface area (TPSA) is 66.9 Å². The van der Waals surface area contributed by atoms with Gasteiger partial charge in [-0.1, -0.05) is 30.3 Å². The average Bonchev–Trinajstić information content (AvgIpc) is 3.17. The second-order valence-corrected chi connectivity index (χ2v) is 9.03. The second kappa shape index (κ2) is 8.03. The molecule has 1 amide bonds. The summed E-state index contributed by atoms with van der Waals surface area (Å²) in [7, 11) is -3.52. The van der Waals surface area contributed by atoms with Gasteiger partial charge in [-0.15, -0.1) is 0 Å². The smallest absolute Gasteiger partial charge is 0.243 e. The lowest BCUT2D eigenvalue weighted by molar-refractivity contribution is -0.118. The van der Waals surface area contributed by atoms with Crippen LogP contribution in [0.2, 0.25) is 0 Å². The van der Waals surface area contributed by atoms with Crippen LogP contribution < -0.4 is 4.90 Å². The predicted octanol–water partition coefficient (Wildman–Crippen LogP) is 2.23. The first-order chi connectivity index (χ1) is 13.6. The van der Waals surface area contributed by atoms with Crippen molar-refractivity contribution >= 4 is 21.6 Å². The fourth-order valence-corrected chi connectivity index (χ4v) is 5.22. The van der Waals surface area contributed by atoms with Crippen molar-refractivity contribution in [1.29, 1.82) is 0 Å². The van der Waals surface area contributed by atoms with Crippen LogP contribution in [-0.4, -0.2) is 51.5 Å². The number of morpholine rings is 1. The van der Waals surface area contributed by atoms with E-state index in [0.717, 1.165) is 16.8 Å². The number of nitrogens with zero attached hydrogens (tertiary/aromatic N) is 2. The van der Waals surface area contributed by atoms with E-state index in [4.69, 9.17) is 4.74 Å². The van der Waals surface area contributed by atoms with Gasteiger partial charge in [0.25, 0.3) is 0 Å². The monoisotopic (exact) mass is 400 g/mol. The number of amides is 1. The Labute approximate surface area is 165 Å². The number of benzene rings is 2. The Bertz CT molecular complexity index is 954. The van der Waals surface area contributed by atoms with E-state index in [0.29, 0.717) is 57.0 Å². The van der Waals surface area contributed by atoms with E-state index in [1.165, 1.54) is 4.31 Å². The lowest BCUT2D eigenvalue weighted by atomic mass is 10.1. The van der Waals surface area contributed by atoms with Crippen LogP contribution in [0.15, 0.2) is 53.4 Å². The number of rotatable bonds is 5. The van der Waals surface area contributed by atoms with Crippen LogP contribution in [0.5, 0.6) is 0 Å². The van der Waals surface area contributed by atoms with E-state index in [9.17, 15) is 13.2 Å². The third-order valence-electron chi connectivity index (χ3n) is 5.33. The number of anilines is 1. The molecule has 0 atom stereocenters. The SMILES string of the molecule is O=C(CCc1ccccc1)N1CCc2cc(S(=O)(=O)N3CCOCC3)ccc21. The highest BCUT2D eigenvalue weighted by Crippen LogP contribution is 2.32. The molecule has 2 aromatic rings. The summed E-state index contributed by atoms with van der Waals surface area (Å²) in [5, 5.41) is 0. The zero-order valence-electron chi connectivity index (χ0n) is 15.7. The van der Waals surface area contributed by atoms with Gasteiger partial charge in [-0.05, 0) is 42.2 Å². The Kier molecular flexibility index (Phi) is 5.48. The van der Waals surface area contributed by atoms with Crippen molar-refractivity contribution in [2.75, 3.05) is 37.7 Å². The van der Waals surface area contributed by atoms with Gasteiger partial charge in [0.2, 0.25) is 15.9 Å². The molecule has 2 aromatic carbocycles. The number of aryl methyl sites for hydroxylation is 1. The van der Waals surface area contributed by atoms with Gasteiger partial charge in [0, 0.05) is 31.7 Å². The number of fused-ring (bicyclic) bond motifs is 1. The zero-order chi connectivity index (χ0) is 19.6. The van der Waals surface area contributed by atoms with Gasteiger partial charge < -0.3 is 9.64 Å². The first-order valence-electron chi connectivity index (χ1n) is 9.61. The van der Waals surface area contributed by atoms with Gasteiger partial charge >= 0.3 is 0 Å². The average molecular weight is 401 g/mol. The van der Waals surface area contributed by atoms with E-state index < -0.39 is 10.0 Å². The van der Waals surface area contributed by atoms with Crippen molar-refractivity contribution < 1.29 is 17.9 Å². The standard InChI is InChI=1S/C21H24N2O4S/c24-21(9-6-17-4-2-1-3-5-17)23-11-10-18-16-19(7-8-20(18)23)28(25,26)22-12-14-27-15-13-22/h1-5,7-8,16H,6,9-15H2. The molecule has 0 unspecified atom stereocenters. The molecule has 28 heavy (non-hydrogen) atoms. The Hall–Kier alpha value is -2.22. The molecule has 0 aromatic heterocycles. The molecule has 0 radical (unpaired) electrons. The molecule has 0 N–H and O–H groups in total. The van der Waals surface area contributed by atoms with Crippen LogP contribution in [0, 0.1) is 0 Å². The van der Waals surface area contributed by atoms with Crippen LogP contribution in [0.1, 0.15) is 17.5 Å². The van der Waals surface area contributed by atoms with E-state index in [1.807, 2.05) is 30.3 Å². The summed E-state index contributed by atoms with van der Waals surface area (Å²) in [5.41, 5.74) is 2.89. The summed E-state index contributed by atoms with van der Waals surface area (Å²) >= 11 is 0. The van der Waals surface area contributed by atoms with Crippen LogP contribution in [0.25, 0.3) is 0 Å². The fraction of sp³-hybridized carbons (Fsp3) is 0.381. The molecule has 2 aliphatic heterocycles. The molecule has 7 heteroatoms. The maximum absolute atomic E-state index is 12.9. The van der Waals surface area contributed by atoms with Gasteiger partial charge in [-0.25, -0.2) is 8.42 Å². The minimum Gasteiger partial charge on any atom is -0.379 e. The molecule has 1 saturated heterocycles. The number of carbonyl (C=O) groups is 1. The molecule has 2 heterocycles. The summed E-state index contributed by atoms with van der Waals surface area (Å²) < 4.78 is 32.4. The van der Waals surface area contributed by atoms with Crippen molar-refractivity contribution in [2.24, 2.45) is 0 Å². The molecular formula is C21H24N2O4S. The van der Waals surface area contributed by atoms with Crippen LogP contribution in [0.4, 0.5) is 5.69 Å². The molecular weight excluding hydrogens is 376 g/mol. The van der Waals surface area contributed by atoms with Gasteiger partial charge in [0.05, 0.1) is 18.1 Å². The Morgan fingerprint density at radius 1 is 1.00 bits per heavy atom. The van der Waals surface area contributed by atoms with Crippen LogP contribution >= 0.6 is 0 Å². The minimum absolute atomic E-state index is 0.0754. The van der Waals surface area contributed by atoms with Crippen LogP contribution in [-0.2, 0) is 32.4 Å². The summed E-state index contributed by atoms with van der Waals surface area (Å²) in [6.45, 7) is 2.21. The Morgan fingerprint density at radius 2 is 1.75 bits per heavy atom. The normalized spacial score (nSPS) is 17.5. The fourth-order valence-electron chi connectivity index (χ4n) is 3.76. The number of hydrogen-bond donors (Lipinski definition) is 0. The molecule has 2 aliphatic rings. The zero-order valence-corrected chi connectivity index (χ0v) is 16.5. The highest BCUT2D eigenvalue weighted by atomic mass is 32.2. The molecule has 0 aliphatic carbocycles. The van der Waals surface area contributed by atoms with Gasteiger partial charge in [0.15, 0.2) is 0 Å². The number of hydrogen-bond acceptors (Lipinski definition) is 4. The highest BCUT2D eigenvalue weighted by molar-refractivity contribution is 7.89. The second-order valence-electron chi connectivity index (χ2n) is 7.09. The number of ether oxygens (including phenoxy) is 1. The molecule has 0 bridgehead atoms. The van der Waals surface area contributed by atoms with Crippen molar-refractivity contribution in [3.05, 3.63) is 59.7 Å². The first-order valence-corrected chi connectivity index (χ1v) is 11.0. The number of sulfonamides is 1. The summed E-state index contributed by atoms with van der Waals surface area (Å²) in [5.74, 6) is 0.0754. The van der Waals surface area contributed by atoms with Gasteiger partial charge in [0.1, 0.15) is 0 Å². The Balaban J connectivity index is 1.48. The van der Waals surface area contributed by atoms with E-state index >= 15 is 0 Å². The van der Waals surface area contributed by atoms with Crippen molar-refractivity contribution in [1.82, 2.24) is 4.31 Å². The highest BCUT2D eigenvalue weighted by Gasteiger charge is 2.30. The van der Waals surface area contributed by atoms with Gasteiger partial charge in [-0.3, -0.25) is 4.79 Å². The molecule has 0 saturated carbocycles. The van der Waals surface area contributed by atoms with Crippen LogP contribution in [0.3, 0.4) is 0 Å². The minimum atomic E-state index is -3.52. The van der Waals surface area contributed by atoms with Crippen molar-refractivity contribution in [3.63, 3.8) is 0 Å². The Morgan fingerprint density at radius 3 is 2.50 bits per heavy atom. The lowest BCUT2D eigenvalue weighted by Gasteiger charge is -2.26. The maximum atomic E-state index is 12.9. The third-order valence-corrected chi connectivity index (χ3v) is 7.22. The van der Waals surface area contributed by atoms with E-state index in [2.05, 4.69) is 0 Å². The largest absolute Gasteiger partial charge is 0.379 e. The summed E-state index contributed by atoms with van der Waals surface area (Å²) in [4.78, 5) is 14.8. The summed E-state index contributed by atoms with van der Waals surface area (Å²) in [6, 6.07) is 15.1. The molecule has 0 spiro atoms. The molecule has 6 nitrogen and oxygen atoms in total. The van der Waals surface area contributed by atoms with E-state index in [-0.39, 0.29) is 5.91 Å².